The van der Waals surface area contributed by atoms with Gasteiger partial charge in [-0.2, -0.15) is 0 Å². The van der Waals surface area contributed by atoms with Crippen LogP contribution < -0.4 is 4.74 Å². The molecule has 1 aliphatic carbocycles. The van der Waals surface area contributed by atoms with Gasteiger partial charge in [-0.3, -0.25) is 0 Å². The van der Waals surface area contributed by atoms with Crippen LogP contribution in [-0.2, 0) is 0 Å². The average Bonchev–Trinajstić information content (AvgIpc) is 2.39. The van der Waals surface area contributed by atoms with E-state index in [4.69, 9.17) is 9.84 Å². The molecule has 1 fully saturated rings. The summed E-state index contributed by atoms with van der Waals surface area (Å²) in [4.78, 5) is 11.1. The molecular weight excluding hydrogens is 216 g/mol. The molecule has 0 unspecified atom stereocenters. The molecule has 3 nitrogen and oxygen atoms in total. The van der Waals surface area contributed by atoms with Gasteiger partial charge in [-0.25, -0.2) is 4.79 Å². The zero-order valence-electron chi connectivity index (χ0n) is 10.1. The van der Waals surface area contributed by atoms with E-state index in [9.17, 15) is 4.79 Å². The van der Waals surface area contributed by atoms with Crippen molar-refractivity contribution in [1.82, 2.24) is 0 Å². The number of carboxylic acids is 1. The Hall–Kier alpha value is -1.51. The third-order valence-corrected chi connectivity index (χ3v) is 3.53. The average molecular weight is 234 g/mol. The van der Waals surface area contributed by atoms with E-state index < -0.39 is 5.97 Å². The fourth-order valence-corrected chi connectivity index (χ4v) is 2.58. The first-order chi connectivity index (χ1) is 8.22. The fraction of sp³-hybridized carbons (Fsp3) is 0.500. The Morgan fingerprint density at radius 3 is 2.59 bits per heavy atom. The molecule has 1 saturated carbocycles. The molecule has 17 heavy (non-hydrogen) atoms. The molecule has 0 aromatic heterocycles. The van der Waals surface area contributed by atoms with Gasteiger partial charge in [0.2, 0.25) is 0 Å². The summed E-state index contributed by atoms with van der Waals surface area (Å²) in [5.74, 6) is 0.0457. The molecule has 2 rings (SSSR count). The molecular formula is C14H18O3. The molecule has 1 aromatic carbocycles. The van der Waals surface area contributed by atoms with E-state index in [1.165, 1.54) is 39.2 Å². The van der Waals surface area contributed by atoms with E-state index in [1.54, 1.807) is 12.1 Å². The van der Waals surface area contributed by atoms with E-state index in [1.807, 2.05) is 6.07 Å². The van der Waals surface area contributed by atoms with Crippen molar-refractivity contribution in [1.29, 1.82) is 0 Å². The van der Waals surface area contributed by atoms with Crippen LogP contribution in [0.5, 0.6) is 5.75 Å². The number of hydrogen-bond donors (Lipinski definition) is 1. The lowest BCUT2D eigenvalue weighted by Crippen LogP contribution is -2.07. The minimum Gasteiger partial charge on any atom is -0.496 e. The van der Waals surface area contributed by atoms with Gasteiger partial charge in [-0.15, -0.1) is 0 Å². The van der Waals surface area contributed by atoms with Crippen LogP contribution in [0, 0.1) is 0 Å². The highest BCUT2D eigenvalue weighted by Gasteiger charge is 2.18. The van der Waals surface area contributed by atoms with Gasteiger partial charge in [0.1, 0.15) is 11.3 Å². The number of aromatic carboxylic acids is 1. The maximum Gasteiger partial charge on any atom is 0.339 e. The number of hydrogen-bond acceptors (Lipinski definition) is 2. The predicted octanol–water partition coefficient (Wildman–Crippen LogP) is 3.44. The number of carboxylic acid groups (broad SMARTS) is 1. The van der Waals surface area contributed by atoms with Gasteiger partial charge < -0.3 is 9.84 Å². The number of carbonyl (C=O) groups is 1. The topological polar surface area (TPSA) is 46.5 Å². The monoisotopic (exact) mass is 234 g/mol. The van der Waals surface area contributed by atoms with Gasteiger partial charge in [0.05, 0.1) is 7.11 Å². The van der Waals surface area contributed by atoms with Crippen molar-refractivity contribution >= 4 is 5.97 Å². The smallest absolute Gasteiger partial charge is 0.339 e. The predicted molar refractivity (Wildman–Crippen MR) is 65.8 cm³/mol. The molecule has 1 aromatic rings. The lowest BCUT2D eigenvalue weighted by atomic mass is 9.83. The summed E-state index contributed by atoms with van der Waals surface area (Å²) in [6, 6.07) is 5.55. The maximum absolute atomic E-state index is 11.1. The lowest BCUT2D eigenvalue weighted by Gasteiger charge is -2.22. The Labute approximate surface area is 101 Å². The minimum absolute atomic E-state index is 0.274. The lowest BCUT2D eigenvalue weighted by molar-refractivity contribution is 0.0693. The van der Waals surface area contributed by atoms with Crippen molar-refractivity contribution in [2.45, 2.75) is 38.0 Å². The molecule has 0 bridgehead atoms. The van der Waals surface area contributed by atoms with Crippen molar-refractivity contribution in [3.05, 3.63) is 29.3 Å². The molecule has 1 aliphatic rings. The SMILES string of the molecule is COc1ccc(C2CCCCC2)cc1C(=O)O. The highest BCUT2D eigenvalue weighted by atomic mass is 16.5. The van der Waals surface area contributed by atoms with Crippen LogP contribution in [0.15, 0.2) is 18.2 Å². The Morgan fingerprint density at radius 1 is 1.29 bits per heavy atom. The molecule has 0 saturated heterocycles. The zero-order valence-corrected chi connectivity index (χ0v) is 10.1. The Bertz CT molecular complexity index is 406. The van der Waals surface area contributed by atoms with Gasteiger partial charge in [-0.05, 0) is 36.5 Å². The molecule has 0 amide bonds. The summed E-state index contributed by atoms with van der Waals surface area (Å²) in [5, 5.41) is 9.14. The molecule has 0 atom stereocenters. The highest BCUT2D eigenvalue weighted by molar-refractivity contribution is 5.91. The third kappa shape index (κ3) is 2.60. The van der Waals surface area contributed by atoms with E-state index in [-0.39, 0.29) is 5.56 Å². The summed E-state index contributed by atoms with van der Waals surface area (Å²) in [6.45, 7) is 0. The molecule has 0 heterocycles. The van der Waals surface area contributed by atoms with Crippen molar-refractivity contribution in [2.75, 3.05) is 7.11 Å². The first-order valence-electron chi connectivity index (χ1n) is 6.13. The number of ether oxygens (including phenoxy) is 1. The summed E-state index contributed by atoms with van der Waals surface area (Å²) >= 11 is 0. The van der Waals surface area contributed by atoms with Gasteiger partial charge in [-0.1, -0.05) is 25.3 Å². The largest absolute Gasteiger partial charge is 0.496 e. The first-order valence-corrected chi connectivity index (χ1v) is 6.13. The number of rotatable bonds is 3. The summed E-state index contributed by atoms with van der Waals surface area (Å²) in [6.07, 6.45) is 6.15. The minimum atomic E-state index is -0.917. The molecule has 0 aliphatic heterocycles. The zero-order chi connectivity index (χ0) is 12.3. The van der Waals surface area contributed by atoms with Crippen molar-refractivity contribution < 1.29 is 14.6 Å². The van der Waals surface area contributed by atoms with Gasteiger partial charge in [0.25, 0.3) is 0 Å². The number of methoxy groups -OCH3 is 1. The molecule has 92 valence electrons. The van der Waals surface area contributed by atoms with Crippen LogP contribution in [0.1, 0.15) is 53.9 Å². The molecule has 1 N–H and O–H groups in total. The first kappa shape index (κ1) is 12.0. The summed E-state index contributed by atoms with van der Waals surface area (Å²) < 4.78 is 5.07. The van der Waals surface area contributed by atoms with Gasteiger partial charge in [0, 0.05) is 0 Å². The Morgan fingerprint density at radius 2 is 2.00 bits per heavy atom. The highest BCUT2D eigenvalue weighted by Crippen LogP contribution is 2.34. The van der Waals surface area contributed by atoms with Gasteiger partial charge >= 0.3 is 5.97 Å². The molecule has 3 heteroatoms. The van der Waals surface area contributed by atoms with E-state index in [0.29, 0.717) is 11.7 Å². The van der Waals surface area contributed by atoms with E-state index in [0.717, 1.165) is 5.56 Å². The molecule has 0 spiro atoms. The summed E-state index contributed by atoms with van der Waals surface area (Å²) in [7, 11) is 1.50. The normalized spacial score (nSPS) is 16.8. The second-order valence-electron chi connectivity index (χ2n) is 4.60. The fourth-order valence-electron chi connectivity index (χ4n) is 2.58. The standard InChI is InChI=1S/C14H18O3/c1-17-13-8-7-11(9-12(13)14(15)16)10-5-3-2-4-6-10/h7-10H,2-6H2,1H3,(H,15,16). The van der Waals surface area contributed by atoms with Crippen LogP contribution in [0.25, 0.3) is 0 Å². The number of benzene rings is 1. The van der Waals surface area contributed by atoms with Crippen LogP contribution >= 0.6 is 0 Å². The van der Waals surface area contributed by atoms with Crippen LogP contribution in [-0.4, -0.2) is 18.2 Å². The van der Waals surface area contributed by atoms with Crippen molar-refractivity contribution in [3.63, 3.8) is 0 Å². The van der Waals surface area contributed by atoms with Gasteiger partial charge in [0.15, 0.2) is 0 Å². The van der Waals surface area contributed by atoms with Crippen molar-refractivity contribution in [2.24, 2.45) is 0 Å². The van der Waals surface area contributed by atoms with E-state index in [2.05, 4.69) is 0 Å². The van der Waals surface area contributed by atoms with Crippen LogP contribution in [0.4, 0.5) is 0 Å². The Balaban J connectivity index is 2.29. The second kappa shape index (κ2) is 5.21. The van der Waals surface area contributed by atoms with Crippen LogP contribution in [0.2, 0.25) is 0 Å². The molecule has 0 radical (unpaired) electrons. The quantitative estimate of drug-likeness (QED) is 0.871. The van der Waals surface area contributed by atoms with Crippen LogP contribution in [0.3, 0.4) is 0 Å². The second-order valence-corrected chi connectivity index (χ2v) is 4.60. The third-order valence-electron chi connectivity index (χ3n) is 3.53. The Kier molecular flexibility index (Phi) is 3.67. The van der Waals surface area contributed by atoms with E-state index >= 15 is 0 Å². The summed E-state index contributed by atoms with van der Waals surface area (Å²) in [5.41, 5.74) is 1.42. The van der Waals surface area contributed by atoms with Crippen molar-refractivity contribution in [3.8, 4) is 5.75 Å². The maximum atomic E-state index is 11.1.